The molecule has 3 atom stereocenters. The van der Waals surface area contributed by atoms with Gasteiger partial charge in [0.2, 0.25) is 5.91 Å². The molecule has 1 N–H and O–H groups in total. The third-order valence-corrected chi connectivity index (χ3v) is 4.60. The van der Waals surface area contributed by atoms with E-state index in [0.717, 1.165) is 43.9 Å². The molecule has 2 aliphatic heterocycles. The van der Waals surface area contributed by atoms with Crippen LogP contribution in [0.25, 0.3) is 0 Å². The Balaban J connectivity index is 1.48. The molecule has 1 amide bonds. The summed E-state index contributed by atoms with van der Waals surface area (Å²) >= 11 is 0. The Morgan fingerprint density at radius 2 is 2.43 bits per heavy atom. The van der Waals surface area contributed by atoms with Crippen LogP contribution >= 0.6 is 0 Å². The molecule has 7 nitrogen and oxygen atoms in total. The second-order valence-corrected chi connectivity index (χ2v) is 6.40. The molecule has 7 heteroatoms. The minimum Gasteiger partial charge on any atom is -0.383 e. The predicted octanol–water partition coefficient (Wildman–Crippen LogP) is 0.725. The molecule has 1 aromatic heterocycles. The van der Waals surface area contributed by atoms with Gasteiger partial charge < -0.3 is 19.3 Å². The first-order valence-corrected chi connectivity index (χ1v) is 8.22. The molecule has 2 fully saturated rings. The van der Waals surface area contributed by atoms with E-state index in [4.69, 9.17) is 14.0 Å². The number of fused-ring (bicyclic) bond motifs is 1. The number of piperidine rings is 1. The van der Waals surface area contributed by atoms with E-state index in [1.165, 1.54) is 0 Å². The van der Waals surface area contributed by atoms with Gasteiger partial charge in [0.1, 0.15) is 11.9 Å². The first-order chi connectivity index (χ1) is 11.2. The molecule has 0 aliphatic carbocycles. The van der Waals surface area contributed by atoms with Gasteiger partial charge in [-0.25, -0.2) is 0 Å². The average Bonchev–Trinajstić information content (AvgIpc) is 3.13. The van der Waals surface area contributed by atoms with E-state index >= 15 is 0 Å². The van der Waals surface area contributed by atoms with Gasteiger partial charge in [-0.15, -0.1) is 0 Å². The van der Waals surface area contributed by atoms with Crippen LogP contribution in [0.4, 0.5) is 0 Å². The molecule has 0 bridgehead atoms. The number of carbonyl (C=O) groups is 1. The maximum Gasteiger partial charge on any atom is 0.249 e. The summed E-state index contributed by atoms with van der Waals surface area (Å²) in [6, 6.07) is 1.97. The number of aromatic nitrogens is 1. The molecule has 23 heavy (non-hydrogen) atoms. The quantitative estimate of drug-likeness (QED) is 0.778. The van der Waals surface area contributed by atoms with Gasteiger partial charge in [-0.05, 0) is 32.2 Å². The zero-order chi connectivity index (χ0) is 16.2. The molecular formula is C16H25N3O4. The molecule has 2 saturated heterocycles. The van der Waals surface area contributed by atoms with E-state index in [0.29, 0.717) is 19.1 Å². The smallest absolute Gasteiger partial charge is 0.249 e. The number of nitrogens with zero attached hydrogens (tertiary/aromatic N) is 2. The number of hydrogen-bond donors (Lipinski definition) is 1. The third-order valence-electron chi connectivity index (χ3n) is 4.60. The second-order valence-electron chi connectivity index (χ2n) is 6.40. The van der Waals surface area contributed by atoms with Gasteiger partial charge in [0.05, 0.1) is 18.4 Å². The molecule has 3 heterocycles. The van der Waals surface area contributed by atoms with E-state index in [-0.39, 0.29) is 18.1 Å². The molecule has 0 spiro atoms. The van der Waals surface area contributed by atoms with Crippen molar-refractivity contribution in [3.63, 3.8) is 0 Å². The second kappa shape index (κ2) is 7.42. The Kier molecular flexibility index (Phi) is 5.30. The summed E-state index contributed by atoms with van der Waals surface area (Å²) < 4.78 is 16.1. The van der Waals surface area contributed by atoms with Crippen LogP contribution in [-0.2, 0) is 20.8 Å². The first kappa shape index (κ1) is 16.4. The SMILES string of the molecule is COCCNC(=O)[C@@H]1C[C@H]2CCN(Cc3cc(C)on3)C[C@H]2O1. The number of likely N-dealkylation sites (tertiary alicyclic amines) is 1. The lowest BCUT2D eigenvalue weighted by Gasteiger charge is -2.33. The standard InChI is InChI=1S/C16H25N3O4/c1-11-7-13(18-23-11)9-19-5-3-12-8-14(22-15(12)10-19)16(20)17-4-6-21-2/h7,12,14-15H,3-6,8-10H2,1-2H3,(H,17,20)/t12-,14+,15-/m1/s1. The van der Waals surface area contributed by atoms with Crippen LogP contribution < -0.4 is 5.32 Å². The highest BCUT2D eigenvalue weighted by atomic mass is 16.5. The Morgan fingerprint density at radius 3 is 3.17 bits per heavy atom. The Labute approximate surface area is 136 Å². The monoisotopic (exact) mass is 323 g/mol. The molecule has 2 aliphatic rings. The van der Waals surface area contributed by atoms with Crippen molar-refractivity contribution in [1.82, 2.24) is 15.4 Å². The number of carbonyl (C=O) groups excluding carboxylic acids is 1. The van der Waals surface area contributed by atoms with E-state index in [1.807, 2.05) is 13.0 Å². The van der Waals surface area contributed by atoms with Gasteiger partial charge >= 0.3 is 0 Å². The lowest BCUT2D eigenvalue weighted by atomic mass is 9.91. The Morgan fingerprint density at radius 1 is 1.57 bits per heavy atom. The van der Waals surface area contributed by atoms with Crippen molar-refractivity contribution in [1.29, 1.82) is 0 Å². The highest BCUT2D eigenvalue weighted by molar-refractivity contribution is 5.81. The number of aryl methyl sites for hydroxylation is 1. The highest BCUT2D eigenvalue weighted by Gasteiger charge is 2.41. The van der Waals surface area contributed by atoms with Crippen LogP contribution in [0.1, 0.15) is 24.3 Å². The van der Waals surface area contributed by atoms with Crippen molar-refractivity contribution in [2.24, 2.45) is 5.92 Å². The molecule has 128 valence electrons. The first-order valence-electron chi connectivity index (χ1n) is 8.22. The van der Waals surface area contributed by atoms with Crippen LogP contribution in [0.3, 0.4) is 0 Å². The van der Waals surface area contributed by atoms with E-state index in [1.54, 1.807) is 7.11 Å². The Bertz CT molecular complexity index is 533. The lowest BCUT2D eigenvalue weighted by molar-refractivity contribution is -0.133. The van der Waals surface area contributed by atoms with Crippen LogP contribution in [0.15, 0.2) is 10.6 Å². The van der Waals surface area contributed by atoms with Crippen LogP contribution in [0.5, 0.6) is 0 Å². The van der Waals surface area contributed by atoms with E-state index in [2.05, 4.69) is 15.4 Å². The van der Waals surface area contributed by atoms with Gasteiger partial charge in [-0.1, -0.05) is 5.16 Å². The molecule has 0 unspecified atom stereocenters. The van der Waals surface area contributed by atoms with Crippen molar-refractivity contribution in [3.05, 3.63) is 17.5 Å². The molecular weight excluding hydrogens is 298 g/mol. The molecule has 3 rings (SSSR count). The summed E-state index contributed by atoms with van der Waals surface area (Å²) in [4.78, 5) is 14.4. The van der Waals surface area contributed by atoms with Crippen molar-refractivity contribution >= 4 is 5.91 Å². The van der Waals surface area contributed by atoms with Crippen molar-refractivity contribution < 1.29 is 18.8 Å². The lowest BCUT2D eigenvalue weighted by Crippen LogP contribution is -2.42. The zero-order valence-corrected chi connectivity index (χ0v) is 13.8. The number of nitrogens with one attached hydrogen (secondary N) is 1. The molecule has 0 radical (unpaired) electrons. The summed E-state index contributed by atoms with van der Waals surface area (Å²) in [5.74, 6) is 1.29. The summed E-state index contributed by atoms with van der Waals surface area (Å²) in [7, 11) is 1.62. The van der Waals surface area contributed by atoms with Crippen LogP contribution in [-0.4, -0.2) is 61.5 Å². The van der Waals surface area contributed by atoms with Crippen molar-refractivity contribution in [3.8, 4) is 0 Å². The fourth-order valence-electron chi connectivity index (χ4n) is 3.42. The van der Waals surface area contributed by atoms with Crippen LogP contribution in [0, 0.1) is 12.8 Å². The van der Waals surface area contributed by atoms with Gasteiger partial charge in [0.15, 0.2) is 0 Å². The minimum atomic E-state index is -0.323. The largest absolute Gasteiger partial charge is 0.383 e. The number of amides is 1. The Hall–Kier alpha value is -1.44. The fourth-order valence-corrected chi connectivity index (χ4v) is 3.42. The topological polar surface area (TPSA) is 76.8 Å². The third kappa shape index (κ3) is 4.10. The van der Waals surface area contributed by atoms with E-state index < -0.39 is 0 Å². The zero-order valence-electron chi connectivity index (χ0n) is 13.8. The number of methoxy groups -OCH3 is 1. The molecule has 1 aromatic rings. The van der Waals surface area contributed by atoms with Gasteiger partial charge in [-0.2, -0.15) is 0 Å². The van der Waals surface area contributed by atoms with Crippen molar-refractivity contribution in [2.45, 2.75) is 38.5 Å². The van der Waals surface area contributed by atoms with E-state index in [9.17, 15) is 4.79 Å². The average molecular weight is 323 g/mol. The predicted molar refractivity (Wildman–Crippen MR) is 82.8 cm³/mol. The number of rotatable bonds is 6. The van der Waals surface area contributed by atoms with Crippen LogP contribution in [0.2, 0.25) is 0 Å². The maximum absolute atomic E-state index is 12.1. The normalized spacial score (nSPS) is 27.8. The number of ether oxygens (including phenoxy) is 2. The van der Waals surface area contributed by atoms with Gasteiger partial charge in [-0.3, -0.25) is 9.69 Å². The molecule has 0 aromatic carbocycles. The summed E-state index contributed by atoms with van der Waals surface area (Å²) in [5.41, 5.74) is 0.952. The minimum absolute atomic E-state index is 0.0184. The highest BCUT2D eigenvalue weighted by Crippen LogP contribution is 2.33. The van der Waals surface area contributed by atoms with Crippen molar-refractivity contribution in [2.75, 3.05) is 33.4 Å². The van der Waals surface area contributed by atoms with Gasteiger partial charge in [0.25, 0.3) is 0 Å². The summed E-state index contributed by atoms with van der Waals surface area (Å²) in [5, 5.41) is 6.91. The molecule has 0 saturated carbocycles. The number of hydrogen-bond acceptors (Lipinski definition) is 6. The summed E-state index contributed by atoms with van der Waals surface area (Å²) in [6.07, 6.45) is 1.69. The van der Waals surface area contributed by atoms with Gasteiger partial charge in [0, 0.05) is 32.8 Å². The maximum atomic E-state index is 12.1. The summed E-state index contributed by atoms with van der Waals surface area (Å²) in [6.45, 7) is 5.58. The fraction of sp³-hybridized carbons (Fsp3) is 0.750.